The SMILES string of the molecule is C[C@@H]1N[C@@H]2Cc3ccccc3N2C1=O. The number of carbonyl (C=O) groups is 1. The van der Waals surface area contributed by atoms with E-state index >= 15 is 0 Å². The first-order chi connectivity index (χ1) is 6.77. The van der Waals surface area contributed by atoms with Crippen molar-refractivity contribution in [3.8, 4) is 0 Å². The van der Waals surface area contributed by atoms with Crippen LogP contribution in [0.15, 0.2) is 24.3 Å². The van der Waals surface area contributed by atoms with Gasteiger partial charge in [0.05, 0.1) is 12.2 Å². The maximum absolute atomic E-state index is 11.8. The van der Waals surface area contributed by atoms with E-state index in [0.29, 0.717) is 0 Å². The van der Waals surface area contributed by atoms with Crippen molar-refractivity contribution < 1.29 is 4.79 Å². The van der Waals surface area contributed by atoms with Crippen molar-refractivity contribution in [2.24, 2.45) is 0 Å². The first-order valence-electron chi connectivity index (χ1n) is 4.94. The summed E-state index contributed by atoms with van der Waals surface area (Å²) in [6.07, 6.45) is 1.13. The van der Waals surface area contributed by atoms with Crippen molar-refractivity contribution in [3.05, 3.63) is 29.8 Å². The van der Waals surface area contributed by atoms with E-state index in [0.717, 1.165) is 12.1 Å². The van der Waals surface area contributed by atoms with Gasteiger partial charge in [0, 0.05) is 12.1 Å². The summed E-state index contributed by atoms with van der Waals surface area (Å²) in [5.74, 6) is 0.194. The van der Waals surface area contributed by atoms with Crippen LogP contribution in [0.2, 0.25) is 0 Å². The van der Waals surface area contributed by atoms with Crippen LogP contribution in [0, 0.1) is 0 Å². The minimum Gasteiger partial charge on any atom is -0.294 e. The molecule has 0 bridgehead atoms. The molecule has 2 heterocycles. The monoisotopic (exact) mass is 188 g/mol. The van der Waals surface area contributed by atoms with Crippen molar-refractivity contribution in [2.75, 3.05) is 4.90 Å². The second-order valence-electron chi connectivity index (χ2n) is 3.95. The summed E-state index contributed by atoms with van der Waals surface area (Å²) < 4.78 is 0. The van der Waals surface area contributed by atoms with Crippen LogP contribution in [-0.2, 0) is 11.2 Å². The average Bonchev–Trinajstić information content (AvgIpc) is 2.65. The van der Waals surface area contributed by atoms with Gasteiger partial charge in [0.2, 0.25) is 5.91 Å². The third kappa shape index (κ3) is 0.876. The molecule has 1 aromatic carbocycles. The van der Waals surface area contributed by atoms with E-state index < -0.39 is 0 Å². The van der Waals surface area contributed by atoms with Crippen molar-refractivity contribution >= 4 is 11.6 Å². The zero-order chi connectivity index (χ0) is 9.71. The Morgan fingerprint density at radius 2 is 2.21 bits per heavy atom. The van der Waals surface area contributed by atoms with Crippen LogP contribution in [0.5, 0.6) is 0 Å². The smallest absolute Gasteiger partial charge is 0.245 e. The lowest BCUT2D eigenvalue weighted by Gasteiger charge is -2.15. The molecule has 1 fully saturated rings. The van der Waals surface area contributed by atoms with Crippen LogP contribution in [0.3, 0.4) is 0 Å². The van der Waals surface area contributed by atoms with Crippen LogP contribution in [-0.4, -0.2) is 18.1 Å². The zero-order valence-corrected chi connectivity index (χ0v) is 8.03. The van der Waals surface area contributed by atoms with Crippen molar-refractivity contribution in [1.82, 2.24) is 5.32 Å². The van der Waals surface area contributed by atoms with Gasteiger partial charge < -0.3 is 0 Å². The molecule has 1 amide bonds. The lowest BCUT2D eigenvalue weighted by molar-refractivity contribution is -0.118. The molecule has 3 nitrogen and oxygen atoms in total. The highest BCUT2D eigenvalue weighted by Gasteiger charge is 2.42. The highest BCUT2D eigenvalue weighted by Crippen LogP contribution is 2.34. The number of amides is 1. The van der Waals surface area contributed by atoms with Crippen LogP contribution < -0.4 is 10.2 Å². The number of hydrogen-bond donors (Lipinski definition) is 1. The average molecular weight is 188 g/mol. The molecule has 72 valence electrons. The van der Waals surface area contributed by atoms with E-state index in [9.17, 15) is 4.79 Å². The molecule has 1 aromatic rings. The predicted molar refractivity (Wildman–Crippen MR) is 54.0 cm³/mol. The van der Waals surface area contributed by atoms with Crippen molar-refractivity contribution in [1.29, 1.82) is 0 Å². The highest BCUT2D eigenvalue weighted by atomic mass is 16.2. The Morgan fingerprint density at radius 1 is 1.43 bits per heavy atom. The van der Waals surface area contributed by atoms with E-state index in [1.54, 1.807) is 0 Å². The minimum atomic E-state index is -0.0339. The second-order valence-corrected chi connectivity index (χ2v) is 3.95. The van der Waals surface area contributed by atoms with Crippen molar-refractivity contribution in [3.63, 3.8) is 0 Å². The topological polar surface area (TPSA) is 32.3 Å². The van der Waals surface area contributed by atoms with Crippen LogP contribution >= 0.6 is 0 Å². The Bertz CT molecular complexity index is 402. The normalized spacial score (nSPS) is 29.2. The molecule has 2 atom stereocenters. The molecule has 0 aromatic heterocycles. The van der Waals surface area contributed by atoms with Gasteiger partial charge in [-0.15, -0.1) is 0 Å². The van der Waals surface area contributed by atoms with Gasteiger partial charge in [-0.2, -0.15) is 0 Å². The van der Waals surface area contributed by atoms with E-state index in [-0.39, 0.29) is 18.1 Å². The number of hydrogen-bond acceptors (Lipinski definition) is 2. The quantitative estimate of drug-likeness (QED) is 0.656. The van der Waals surface area contributed by atoms with Gasteiger partial charge in [-0.25, -0.2) is 0 Å². The molecule has 0 spiro atoms. The van der Waals surface area contributed by atoms with Crippen LogP contribution in [0.25, 0.3) is 0 Å². The molecule has 0 radical (unpaired) electrons. The van der Waals surface area contributed by atoms with Crippen molar-refractivity contribution in [2.45, 2.75) is 25.6 Å². The first-order valence-corrected chi connectivity index (χ1v) is 4.94. The van der Waals surface area contributed by atoms with E-state index in [1.807, 2.05) is 30.0 Å². The maximum Gasteiger partial charge on any atom is 0.245 e. The largest absolute Gasteiger partial charge is 0.294 e. The summed E-state index contributed by atoms with van der Waals surface area (Å²) in [6.45, 7) is 1.92. The molecular formula is C11H12N2O. The lowest BCUT2D eigenvalue weighted by Crippen LogP contribution is -2.33. The fourth-order valence-electron chi connectivity index (χ4n) is 2.36. The fraction of sp³-hybridized carbons (Fsp3) is 0.364. The molecule has 0 aliphatic carbocycles. The second kappa shape index (κ2) is 2.58. The molecule has 0 saturated carbocycles. The van der Waals surface area contributed by atoms with E-state index in [1.165, 1.54) is 5.56 Å². The van der Waals surface area contributed by atoms with E-state index in [4.69, 9.17) is 0 Å². The molecule has 2 aliphatic rings. The molecule has 0 unspecified atom stereocenters. The Balaban J connectivity index is 2.09. The van der Waals surface area contributed by atoms with Gasteiger partial charge in [0.15, 0.2) is 0 Å². The number of rotatable bonds is 0. The Morgan fingerprint density at radius 3 is 3.07 bits per heavy atom. The van der Waals surface area contributed by atoms with Gasteiger partial charge in [-0.1, -0.05) is 18.2 Å². The Hall–Kier alpha value is -1.35. The summed E-state index contributed by atoms with van der Waals surface area (Å²) in [6, 6.07) is 8.08. The third-order valence-electron chi connectivity index (χ3n) is 3.03. The van der Waals surface area contributed by atoms with Gasteiger partial charge in [-0.3, -0.25) is 15.0 Å². The Kier molecular flexibility index (Phi) is 1.47. The molecule has 2 aliphatic heterocycles. The highest BCUT2D eigenvalue weighted by molar-refractivity contribution is 6.01. The lowest BCUT2D eigenvalue weighted by atomic mass is 10.1. The number of para-hydroxylation sites is 1. The molecular weight excluding hydrogens is 176 g/mol. The summed E-state index contributed by atoms with van der Waals surface area (Å²) >= 11 is 0. The third-order valence-corrected chi connectivity index (χ3v) is 3.03. The number of nitrogens with one attached hydrogen (secondary N) is 1. The molecule has 3 heteroatoms. The number of carbonyl (C=O) groups excluding carboxylic acids is 1. The maximum atomic E-state index is 11.8. The summed E-state index contributed by atoms with van der Waals surface area (Å²) in [5.41, 5.74) is 2.35. The van der Waals surface area contributed by atoms with Crippen LogP contribution in [0.1, 0.15) is 12.5 Å². The predicted octanol–water partition coefficient (Wildman–Crippen LogP) is 0.893. The van der Waals surface area contributed by atoms with Gasteiger partial charge >= 0.3 is 0 Å². The summed E-state index contributed by atoms with van der Waals surface area (Å²) in [5, 5.41) is 3.29. The zero-order valence-electron chi connectivity index (χ0n) is 8.03. The van der Waals surface area contributed by atoms with Gasteiger partial charge in [0.1, 0.15) is 0 Å². The number of nitrogens with zero attached hydrogens (tertiary/aromatic N) is 1. The first kappa shape index (κ1) is 8.00. The molecule has 1 N–H and O–H groups in total. The number of anilines is 1. The van der Waals surface area contributed by atoms with Crippen LogP contribution in [0.4, 0.5) is 5.69 Å². The summed E-state index contributed by atoms with van der Waals surface area (Å²) in [7, 11) is 0. The van der Waals surface area contributed by atoms with Gasteiger partial charge in [-0.05, 0) is 18.6 Å². The summed E-state index contributed by atoms with van der Waals surface area (Å²) in [4.78, 5) is 13.7. The fourth-order valence-corrected chi connectivity index (χ4v) is 2.36. The standard InChI is InChI=1S/C11H12N2O/c1-7-11(14)13-9-5-3-2-4-8(9)6-10(13)12-7/h2-5,7,10,12H,6H2,1H3/t7-,10-/m0/s1. The number of benzene rings is 1. The molecule has 3 rings (SSSR count). The van der Waals surface area contributed by atoms with Gasteiger partial charge in [0.25, 0.3) is 0 Å². The molecule has 14 heavy (non-hydrogen) atoms. The van der Waals surface area contributed by atoms with E-state index in [2.05, 4.69) is 11.4 Å². The minimum absolute atomic E-state index is 0.0339. The Labute approximate surface area is 82.7 Å². The molecule has 1 saturated heterocycles. The number of fused-ring (bicyclic) bond motifs is 3.